The first-order valence-electron chi connectivity index (χ1n) is 7.13. The third-order valence-electron chi connectivity index (χ3n) is 3.37. The molecule has 3 rings (SSSR count). The molecule has 3 aromatic rings. The van der Waals surface area contributed by atoms with E-state index in [1.54, 1.807) is 16.8 Å². The lowest BCUT2D eigenvalue weighted by atomic mass is 10.1. The summed E-state index contributed by atoms with van der Waals surface area (Å²) in [6, 6.07) is 13.8. The van der Waals surface area contributed by atoms with Gasteiger partial charge in [-0.1, -0.05) is 53.4 Å². The summed E-state index contributed by atoms with van der Waals surface area (Å²) in [7, 11) is 0. The molecule has 0 saturated carbocycles. The van der Waals surface area contributed by atoms with Gasteiger partial charge in [0.25, 0.3) is 0 Å². The summed E-state index contributed by atoms with van der Waals surface area (Å²) in [6.07, 6.45) is 0. The zero-order valence-corrected chi connectivity index (χ0v) is 15.2. The zero-order chi connectivity index (χ0) is 17.1. The van der Waals surface area contributed by atoms with Gasteiger partial charge >= 0.3 is 0 Å². The largest absolute Gasteiger partial charge is 0.293 e. The van der Waals surface area contributed by atoms with Gasteiger partial charge in [-0.3, -0.25) is 4.79 Å². The van der Waals surface area contributed by atoms with Crippen molar-refractivity contribution < 1.29 is 9.18 Å². The molecule has 7 heteroatoms. The number of Topliss-reactive ketones (excluding diaryl/α,β-unsaturated/α-hetero) is 1. The predicted molar refractivity (Wildman–Crippen MR) is 98.5 cm³/mol. The van der Waals surface area contributed by atoms with Gasteiger partial charge in [0.1, 0.15) is 5.82 Å². The van der Waals surface area contributed by atoms with E-state index in [9.17, 15) is 9.18 Å². The van der Waals surface area contributed by atoms with E-state index in [2.05, 4.69) is 5.10 Å². The highest BCUT2D eigenvalue weighted by Gasteiger charge is 2.14. The van der Waals surface area contributed by atoms with Crippen LogP contribution in [0.3, 0.4) is 0 Å². The molecule has 1 heterocycles. The Kier molecular flexibility index (Phi) is 5.23. The molecule has 0 fully saturated rings. The van der Waals surface area contributed by atoms with Crippen molar-refractivity contribution in [2.45, 2.75) is 11.3 Å². The molecule has 0 aliphatic heterocycles. The first kappa shape index (κ1) is 17.0. The number of rotatable bonds is 5. The third kappa shape index (κ3) is 3.63. The van der Waals surface area contributed by atoms with Crippen LogP contribution in [0, 0.1) is 16.7 Å². The van der Waals surface area contributed by atoms with E-state index in [1.807, 2.05) is 31.2 Å². The van der Waals surface area contributed by atoms with Crippen molar-refractivity contribution in [2.75, 3.05) is 5.75 Å². The van der Waals surface area contributed by atoms with E-state index in [1.165, 1.54) is 35.2 Å². The smallest absolute Gasteiger partial charge is 0.184 e. The maximum Gasteiger partial charge on any atom is 0.184 e. The molecule has 0 spiro atoms. The van der Waals surface area contributed by atoms with Gasteiger partial charge in [-0.15, -0.1) is 5.10 Å². The summed E-state index contributed by atoms with van der Waals surface area (Å²) in [5, 5.41) is 4.48. The van der Waals surface area contributed by atoms with E-state index in [0.717, 1.165) is 11.3 Å². The molecule has 0 atom stereocenters. The Balaban J connectivity index is 1.77. The van der Waals surface area contributed by atoms with Crippen molar-refractivity contribution in [2.24, 2.45) is 0 Å². The quantitative estimate of drug-likeness (QED) is 0.353. The SMILES string of the molecule is Cc1ccccc1-n1nc(SCC(=O)c2ccccc2F)sc1=S. The van der Waals surface area contributed by atoms with Crippen LogP contribution >= 0.6 is 35.3 Å². The van der Waals surface area contributed by atoms with Gasteiger partial charge < -0.3 is 0 Å². The first-order chi connectivity index (χ1) is 11.6. The molecule has 3 nitrogen and oxygen atoms in total. The van der Waals surface area contributed by atoms with Crippen LogP contribution in [0.1, 0.15) is 15.9 Å². The monoisotopic (exact) mass is 376 g/mol. The van der Waals surface area contributed by atoms with E-state index in [4.69, 9.17) is 12.2 Å². The first-order valence-corrected chi connectivity index (χ1v) is 9.34. The average molecular weight is 377 g/mol. The lowest BCUT2D eigenvalue weighted by molar-refractivity contribution is 0.101. The number of para-hydroxylation sites is 1. The minimum absolute atomic E-state index is 0.104. The molecule has 0 saturated heterocycles. The second kappa shape index (κ2) is 7.38. The lowest BCUT2D eigenvalue weighted by Gasteiger charge is -2.04. The standard InChI is InChI=1S/C17H13FN2OS3/c1-11-6-2-5-9-14(11)20-17(22)24-16(19-20)23-10-15(21)12-7-3-4-8-13(12)18/h2-9H,10H2,1H3. The van der Waals surface area contributed by atoms with Gasteiger partial charge in [-0.2, -0.15) is 0 Å². The third-order valence-corrected chi connectivity index (χ3v) is 5.74. The van der Waals surface area contributed by atoms with Crippen LogP contribution in [0.5, 0.6) is 0 Å². The highest BCUT2D eigenvalue weighted by atomic mass is 32.2. The van der Waals surface area contributed by atoms with Gasteiger partial charge in [-0.05, 0) is 42.9 Å². The number of benzene rings is 2. The van der Waals surface area contributed by atoms with Crippen molar-refractivity contribution in [3.8, 4) is 5.69 Å². The van der Waals surface area contributed by atoms with Crippen molar-refractivity contribution in [3.63, 3.8) is 0 Å². The fraction of sp³-hybridized carbons (Fsp3) is 0.118. The number of hydrogen-bond donors (Lipinski definition) is 0. The number of ketones is 1. The van der Waals surface area contributed by atoms with Crippen molar-refractivity contribution >= 4 is 41.1 Å². The second-order valence-corrected chi connectivity index (χ2v) is 7.87. The van der Waals surface area contributed by atoms with Crippen LogP contribution in [0.2, 0.25) is 0 Å². The normalized spacial score (nSPS) is 10.8. The molecule has 24 heavy (non-hydrogen) atoms. The fourth-order valence-electron chi connectivity index (χ4n) is 2.16. The van der Waals surface area contributed by atoms with Crippen LogP contribution in [0.15, 0.2) is 52.9 Å². The second-order valence-electron chi connectivity index (χ2n) is 5.02. The zero-order valence-electron chi connectivity index (χ0n) is 12.7. The minimum atomic E-state index is -0.499. The van der Waals surface area contributed by atoms with E-state index >= 15 is 0 Å². The number of halogens is 1. The molecule has 0 N–H and O–H groups in total. The number of thioether (sulfide) groups is 1. The Morgan fingerprint density at radius 2 is 1.96 bits per heavy atom. The maximum absolute atomic E-state index is 13.6. The summed E-state index contributed by atoms with van der Waals surface area (Å²) < 4.78 is 16.6. The Bertz CT molecular complexity index is 949. The van der Waals surface area contributed by atoms with E-state index < -0.39 is 5.82 Å². The van der Waals surface area contributed by atoms with Crippen LogP contribution in [0.25, 0.3) is 5.69 Å². The fourth-order valence-corrected chi connectivity index (χ4v) is 4.40. The summed E-state index contributed by atoms with van der Waals surface area (Å²) in [5.74, 6) is -0.639. The van der Waals surface area contributed by atoms with E-state index in [0.29, 0.717) is 8.29 Å². The summed E-state index contributed by atoms with van der Waals surface area (Å²) in [4.78, 5) is 12.1. The highest BCUT2D eigenvalue weighted by molar-refractivity contribution is 8.01. The van der Waals surface area contributed by atoms with Crippen molar-refractivity contribution in [1.82, 2.24) is 9.78 Å². The predicted octanol–water partition coefficient (Wildman–Crippen LogP) is 5.09. The molecule has 0 radical (unpaired) electrons. The van der Waals surface area contributed by atoms with Gasteiger partial charge in [0.15, 0.2) is 14.1 Å². The van der Waals surface area contributed by atoms with Crippen LogP contribution in [0.4, 0.5) is 4.39 Å². The van der Waals surface area contributed by atoms with Crippen molar-refractivity contribution in [3.05, 3.63) is 69.4 Å². The minimum Gasteiger partial charge on any atom is -0.293 e. The lowest BCUT2D eigenvalue weighted by Crippen LogP contribution is -2.05. The molecule has 0 unspecified atom stereocenters. The highest BCUT2D eigenvalue weighted by Crippen LogP contribution is 2.26. The van der Waals surface area contributed by atoms with Crippen LogP contribution in [-0.4, -0.2) is 21.3 Å². The number of carbonyl (C=O) groups is 1. The number of carbonyl (C=O) groups excluding carboxylic acids is 1. The number of nitrogens with zero attached hydrogens (tertiary/aromatic N) is 2. The maximum atomic E-state index is 13.6. The Hall–Kier alpha value is -1.83. The van der Waals surface area contributed by atoms with E-state index in [-0.39, 0.29) is 17.1 Å². The Morgan fingerprint density at radius 3 is 2.71 bits per heavy atom. The molecular weight excluding hydrogens is 363 g/mol. The molecule has 1 aromatic heterocycles. The molecule has 122 valence electrons. The molecule has 0 aliphatic rings. The molecule has 0 aliphatic carbocycles. The number of hydrogen-bond acceptors (Lipinski definition) is 5. The Morgan fingerprint density at radius 1 is 1.25 bits per heavy atom. The van der Waals surface area contributed by atoms with Gasteiger partial charge in [0.05, 0.1) is 17.0 Å². The van der Waals surface area contributed by atoms with Gasteiger partial charge in [-0.25, -0.2) is 9.07 Å². The Labute approximate surface area is 152 Å². The van der Waals surface area contributed by atoms with Gasteiger partial charge in [0, 0.05) is 0 Å². The summed E-state index contributed by atoms with van der Waals surface area (Å²) in [6.45, 7) is 1.99. The number of aromatic nitrogens is 2. The topological polar surface area (TPSA) is 34.9 Å². The van der Waals surface area contributed by atoms with Gasteiger partial charge in [0.2, 0.25) is 0 Å². The molecular formula is C17H13FN2OS3. The van der Waals surface area contributed by atoms with Crippen molar-refractivity contribution in [1.29, 1.82) is 0 Å². The van der Waals surface area contributed by atoms with Crippen LogP contribution in [-0.2, 0) is 0 Å². The molecule has 0 bridgehead atoms. The molecule has 2 aromatic carbocycles. The molecule has 0 amide bonds. The number of aryl methyl sites for hydroxylation is 1. The summed E-state index contributed by atoms with van der Waals surface area (Å²) >= 11 is 7.98. The summed E-state index contributed by atoms with van der Waals surface area (Å²) in [5.41, 5.74) is 2.09. The average Bonchev–Trinajstić information content (AvgIpc) is 2.94. The van der Waals surface area contributed by atoms with Crippen LogP contribution < -0.4 is 0 Å².